The van der Waals surface area contributed by atoms with E-state index in [2.05, 4.69) is 26.0 Å². The zero-order valence-electron chi connectivity index (χ0n) is 17.6. The van der Waals surface area contributed by atoms with Crippen molar-refractivity contribution in [3.63, 3.8) is 0 Å². The third-order valence-corrected chi connectivity index (χ3v) is 6.17. The number of amidine groups is 1. The lowest BCUT2D eigenvalue weighted by Gasteiger charge is -2.16. The summed E-state index contributed by atoms with van der Waals surface area (Å²) in [6.45, 7) is 4.22. The van der Waals surface area contributed by atoms with Crippen molar-refractivity contribution >= 4 is 40.3 Å². The number of hydrogen-bond donors (Lipinski definition) is 1. The number of carbonyl (C=O) groups excluding carboxylic acids is 1. The Morgan fingerprint density at radius 3 is 2.13 bits per heavy atom. The minimum absolute atomic E-state index is 0.141. The Balaban J connectivity index is 1.76. The smallest absolute Gasteiger partial charge is 0.271 e. The summed E-state index contributed by atoms with van der Waals surface area (Å²) in [5.74, 6) is -0.00998. The van der Waals surface area contributed by atoms with Gasteiger partial charge in [-0.2, -0.15) is 0 Å². The van der Waals surface area contributed by atoms with E-state index in [1.165, 1.54) is 22.9 Å². The molecule has 0 aromatic heterocycles. The number of carbonyl (C=O) groups is 1. The molecule has 5 heteroatoms. The van der Waals surface area contributed by atoms with Crippen LogP contribution >= 0.6 is 11.8 Å². The number of benzene rings is 3. The molecule has 0 bridgehead atoms. The maximum atomic E-state index is 13.4. The van der Waals surface area contributed by atoms with Crippen molar-refractivity contribution in [1.29, 1.82) is 0 Å². The lowest BCUT2D eigenvalue weighted by atomic mass is 10.1. The Hall–Kier alpha value is -3.31. The summed E-state index contributed by atoms with van der Waals surface area (Å²) < 4.78 is 0. The van der Waals surface area contributed by atoms with Crippen LogP contribution in [0.4, 0.5) is 11.4 Å². The monoisotopic (exact) mass is 428 g/mol. The summed E-state index contributed by atoms with van der Waals surface area (Å²) in [4.78, 5) is 20.3. The number of hydrogen-bond acceptors (Lipinski definition) is 4. The largest absolute Gasteiger partial charge is 0.507 e. The van der Waals surface area contributed by atoms with Gasteiger partial charge in [0.1, 0.15) is 5.75 Å². The van der Waals surface area contributed by atoms with Gasteiger partial charge in [-0.3, -0.25) is 9.69 Å². The molecule has 4 nitrogen and oxygen atoms in total. The molecule has 1 aliphatic heterocycles. The van der Waals surface area contributed by atoms with E-state index in [1.807, 2.05) is 42.5 Å². The van der Waals surface area contributed by atoms with Crippen molar-refractivity contribution in [2.24, 2.45) is 4.99 Å². The Morgan fingerprint density at radius 2 is 1.52 bits per heavy atom. The predicted octanol–water partition coefficient (Wildman–Crippen LogP) is 6.33. The molecule has 3 aromatic rings. The van der Waals surface area contributed by atoms with E-state index >= 15 is 0 Å². The molecule has 0 saturated carbocycles. The molecule has 1 N–H and O–H groups in total. The summed E-state index contributed by atoms with van der Waals surface area (Å²) >= 11 is 1.32. The molecule has 156 valence electrons. The van der Waals surface area contributed by atoms with Crippen molar-refractivity contribution in [1.82, 2.24) is 0 Å². The van der Waals surface area contributed by atoms with Gasteiger partial charge in [0.2, 0.25) is 0 Å². The van der Waals surface area contributed by atoms with Crippen LogP contribution in [0, 0.1) is 0 Å². The van der Waals surface area contributed by atoms with E-state index in [4.69, 9.17) is 4.99 Å². The molecule has 3 aromatic carbocycles. The number of thioether (sulfide) groups is 1. The molecule has 0 atom stereocenters. The summed E-state index contributed by atoms with van der Waals surface area (Å²) in [5.41, 5.74) is 4.63. The minimum Gasteiger partial charge on any atom is -0.507 e. The Kier molecular flexibility index (Phi) is 6.23. The van der Waals surface area contributed by atoms with Crippen LogP contribution in [0.15, 0.2) is 82.7 Å². The zero-order valence-corrected chi connectivity index (χ0v) is 18.4. The number of rotatable bonds is 5. The predicted molar refractivity (Wildman–Crippen MR) is 130 cm³/mol. The van der Waals surface area contributed by atoms with E-state index in [9.17, 15) is 9.90 Å². The van der Waals surface area contributed by atoms with Gasteiger partial charge in [0.05, 0.1) is 16.3 Å². The summed E-state index contributed by atoms with van der Waals surface area (Å²) in [5, 5.41) is 10.7. The van der Waals surface area contributed by atoms with Gasteiger partial charge in [0.25, 0.3) is 5.91 Å². The first kappa shape index (κ1) is 20.9. The molecule has 0 unspecified atom stereocenters. The van der Waals surface area contributed by atoms with Crippen molar-refractivity contribution < 1.29 is 9.90 Å². The first-order chi connectivity index (χ1) is 15.1. The van der Waals surface area contributed by atoms with Crippen LogP contribution in [0.1, 0.15) is 30.5 Å². The van der Waals surface area contributed by atoms with Gasteiger partial charge in [0, 0.05) is 5.56 Å². The highest BCUT2D eigenvalue weighted by molar-refractivity contribution is 8.19. The summed E-state index contributed by atoms with van der Waals surface area (Å²) in [6.07, 6.45) is 3.62. The third kappa shape index (κ3) is 4.57. The van der Waals surface area contributed by atoms with Gasteiger partial charge in [-0.1, -0.05) is 56.3 Å². The number of para-hydroxylation sites is 1. The van der Waals surface area contributed by atoms with Gasteiger partial charge in [0.15, 0.2) is 5.17 Å². The molecule has 1 fully saturated rings. The highest BCUT2D eigenvalue weighted by atomic mass is 32.2. The van der Waals surface area contributed by atoms with E-state index in [1.54, 1.807) is 29.2 Å². The lowest BCUT2D eigenvalue weighted by molar-refractivity contribution is -0.113. The van der Waals surface area contributed by atoms with E-state index < -0.39 is 0 Å². The van der Waals surface area contributed by atoms with Crippen molar-refractivity contribution in [3.05, 3.63) is 94.4 Å². The minimum atomic E-state index is -0.151. The van der Waals surface area contributed by atoms with Crippen LogP contribution < -0.4 is 4.90 Å². The van der Waals surface area contributed by atoms with E-state index in [0.717, 1.165) is 24.2 Å². The number of aliphatic imine (C=N–C) groups is 1. The normalized spacial score (nSPS) is 16.5. The lowest BCUT2D eigenvalue weighted by Crippen LogP contribution is -2.28. The average molecular weight is 429 g/mol. The van der Waals surface area contributed by atoms with Gasteiger partial charge >= 0.3 is 0 Å². The highest BCUT2D eigenvalue weighted by Crippen LogP contribution is 2.38. The molecule has 4 rings (SSSR count). The van der Waals surface area contributed by atoms with Crippen molar-refractivity contribution in [2.45, 2.75) is 26.7 Å². The topological polar surface area (TPSA) is 52.9 Å². The molecule has 0 radical (unpaired) electrons. The fourth-order valence-corrected chi connectivity index (χ4v) is 4.32. The number of aryl methyl sites for hydroxylation is 2. The fraction of sp³-hybridized carbons (Fsp3) is 0.154. The number of aromatic hydroxyl groups is 1. The standard InChI is InChI=1S/C26H24N2O2S/c1-3-18-9-13-21(14-10-18)27-26-28(22-15-11-19(4-2)12-16-22)25(30)24(31-26)17-20-7-5-6-8-23(20)29/h5-17,29H,3-4H2,1-2H3/b24-17-,27-26?. The van der Waals surface area contributed by atoms with Crippen molar-refractivity contribution in [3.8, 4) is 5.75 Å². The Labute approximate surface area is 187 Å². The van der Waals surface area contributed by atoms with Gasteiger partial charge < -0.3 is 5.11 Å². The van der Waals surface area contributed by atoms with Crippen LogP contribution in [0.5, 0.6) is 5.75 Å². The SMILES string of the molecule is CCc1ccc(N=C2S/C(=C\c3ccccc3O)C(=O)N2c2ccc(CC)cc2)cc1. The first-order valence-corrected chi connectivity index (χ1v) is 11.2. The van der Waals surface area contributed by atoms with Crippen molar-refractivity contribution in [2.75, 3.05) is 4.90 Å². The van der Waals surface area contributed by atoms with Crippen LogP contribution in [0.2, 0.25) is 0 Å². The van der Waals surface area contributed by atoms with E-state index in [-0.39, 0.29) is 11.7 Å². The van der Waals surface area contributed by atoms with Gasteiger partial charge in [-0.15, -0.1) is 0 Å². The second-order valence-electron chi connectivity index (χ2n) is 7.24. The van der Waals surface area contributed by atoms with Crippen LogP contribution in [0.25, 0.3) is 6.08 Å². The molecule has 31 heavy (non-hydrogen) atoms. The quantitative estimate of drug-likeness (QED) is 0.484. The highest BCUT2D eigenvalue weighted by Gasteiger charge is 2.34. The van der Waals surface area contributed by atoms with Gasteiger partial charge in [-0.25, -0.2) is 4.99 Å². The number of phenols is 1. The van der Waals surface area contributed by atoms with E-state index in [0.29, 0.717) is 15.6 Å². The molecule has 1 amide bonds. The first-order valence-electron chi connectivity index (χ1n) is 10.4. The molecule has 0 spiro atoms. The summed E-state index contributed by atoms with van der Waals surface area (Å²) in [6, 6.07) is 23.0. The second kappa shape index (κ2) is 9.23. The Bertz CT molecular complexity index is 1150. The van der Waals surface area contributed by atoms with Crippen LogP contribution in [0.3, 0.4) is 0 Å². The van der Waals surface area contributed by atoms with Gasteiger partial charge in [-0.05, 0) is 72.1 Å². The zero-order chi connectivity index (χ0) is 21.8. The maximum Gasteiger partial charge on any atom is 0.271 e. The fourth-order valence-electron chi connectivity index (χ4n) is 3.32. The molecular weight excluding hydrogens is 404 g/mol. The third-order valence-electron chi connectivity index (χ3n) is 5.20. The maximum absolute atomic E-state index is 13.4. The number of amides is 1. The number of phenolic OH excluding ortho intramolecular Hbond substituents is 1. The summed E-state index contributed by atoms with van der Waals surface area (Å²) in [7, 11) is 0. The number of anilines is 1. The molecular formula is C26H24N2O2S. The average Bonchev–Trinajstić information content (AvgIpc) is 3.10. The molecule has 1 aliphatic rings. The van der Waals surface area contributed by atoms with Crippen LogP contribution in [-0.2, 0) is 17.6 Å². The molecule has 0 aliphatic carbocycles. The van der Waals surface area contributed by atoms with Crippen LogP contribution in [-0.4, -0.2) is 16.2 Å². The Morgan fingerprint density at radius 1 is 0.903 bits per heavy atom. The molecule has 1 saturated heterocycles. The second-order valence-corrected chi connectivity index (χ2v) is 8.25. The molecule has 1 heterocycles. The number of nitrogens with zero attached hydrogens (tertiary/aromatic N) is 2.